The maximum atomic E-state index is 14.5. The highest BCUT2D eigenvalue weighted by Gasteiger charge is 2.57. The molecule has 248 valence electrons. The van der Waals surface area contributed by atoms with Gasteiger partial charge in [-0.15, -0.1) is 0 Å². The van der Waals surface area contributed by atoms with Gasteiger partial charge in [0, 0.05) is 63.5 Å². The van der Waals surface area contributed by atoms with Crippen LogP contribution in [0.3, 0.4) is 0 Å². The molecule has 2 saturated carbocycles. The number of nitrogens with one attached hydrogen (secondary N) is 1. The molecule has 2 aromatic rings. The summed E-state index contributed by atoms with van der Waals surface area (Å²) < 4.78 is 7.55. The fourth-order valence-corrected chi connectivity index (χ4v) is 8.34. The third-order valence-electron chi connectivity index (χ3n) is 11.2. The lowest BCUT2D eigenvalue weighted by molar-refractivity contribution is -0.121. The van der Waals surface area contributed by atoms with Crippen LogP contribution in [0.15, 0.2) is 18.3 Å². The van der Waals surface area contributed by atoms with Crippen molar-refractivity contribution in [2.75, 3.05) is 62.8 Å². The molecule has 13 heteroatoms. The fourth-order valence-electron chi connectivity index (χ4n) is 8.34. The lowest BCUT2D eigenvalue weighted by Crippen LogP contribution is -2.56. The smallest absolute Gasteiger partial charge is 0.276 e. The van der Waals surface area contributed by atoms with E-state index in [9.17, 15) is 19.6 Å². The summed E-state index contributed by atoms with van der Waals surface area (Å²) in [6.45, 7) is 7.18. The highest BCUT2D eigenvalue weighted by molar-refractivity contribution is 6.07. The number of fused-ring (bicyclic) bond motifs is 2. The number of anilines is 2. The molecule has 0 unspecified atom stereocenters. The molecular weight excluding hydrogens is 598 g/mol. The average Bonchev–Trinajstić information content (AvgIpc) is 4.02. The van der Waals surface area contributed by atoms with Crippen molar-refractivity contribution in [3.63, 3.8) is 0 Å². The Labute approximate surface area is 274 Å². The first-order valence-electron chi connectivity index (χ1n) is 17.3. The molecule has 8 rings (SSSR count). The molecule has 4 aliphatic heterocycles. The maximum Gasteiger partial charge on any atom is 0.276 e. The average molecular weight is 642 g/mol. The molecule has 3 saturated heterocycles. The van der Waals surface area contributed by atoms with Crippen LogP contribution < -0.4 is 15.1 Å². The lowest BCUT2D eigenvalue weighted by atomic mass is 9.82. The quantitative estimate of drug-likeness (QED) is 0.482. The molecule has 1 N–H and O–H groups in total. The molecule has 2 aliphatic carbocycles. The Kier molecular flexibility index (Phi) is 7.68. The van der Waals surface area contributed by atoms with Gasteiger partial charge in [0.05, 0.1) is 24.0 Å². The van der Waals surface area contributed by atoms with Gasteiger partial charge < -0.3 is 24.8 Å². The van der Waals surface area contributed by atoms with Gasteiger partial charge in [0.15, 0.2) is 5.69 Å². The molecule has 2 aromatic heterocycles. The topological polar surface area (TPSA) is 140 Å². The van der Waals surface area contributed by atoms with Crippen LogP contribution in [-0.2, 0) is 9.53 Å². The van der Waals surface area contributed by atoms with E-state index in [1.54, 1.807) is 22.1 Å². The molecule has 0 aromatic carbocycles. The predicted molar refractivity (Wildman–Crippen MR) is 172 cm³/mol. The SMILES string of the molecule is CCN1C(=O)[C@@H](NC(=O)c2ccc(N3CCN(C)CC3)cn2)[C@@H](C2CC2)c2c(C(=O)N3[C@H](C#N)C[C@H]4C[C@H]43)nn(C3CCOCC3)c21. The number of hydrogen-bond acceptors (Lipinski definition) is 9. The van der Waals surface area contributed by atoms with Crippen molar-refractivity contribution in [1.29, 1.82) is 5.26 Å². The Morgan fingerprint density at radius 2 is 1.83 bits per heavy atom. The Balaban J connectivity index is 1.15. The number of nitrogens with zero attached hydrogens (tertiary/aromatic N) is 8. The van der Waals surface area contributed by atoms with E-state index in [1.165, 1.54) is 0 Å². The summed E-state index contributed by atoms with van der Waals surface area (Å²) in [5.41, 5.74) is 2.30. The van der Waals surface area contributed by atoms with E-state index in [2.05, 4.69) is 33.2 Å². The Morgan fingerprint density at radius 3 is 2.49 bits per heavy atom. The van der Waals surface area contributed by atoms with Crippen LogP contribution >= 0.6 is 0 Å². The third kappa shape index (κ3) is 5.26. The van der Waals surface area contributed by atoms with Crippen LogP contribution in [0.2, 0.25) is 0 Å². The van der Waals surface area contributed by atoms with Gasteiger partial charge in [0.25, 0.3) is 17.7 Å². The molecule has 13 nitrogen and oxygen atoms in total. The van der Waals surface area contributed by atoms with Gasteiger partial charge in [-0.3, -0.25) is 19.3 Å². The van der Waals surface area contributed by atoms with Gasteiger partial charge in [0.1, 0.15) is 23.6 Å². The predicted octanol–water partition coefficient (Wildman–Crippen LogP) is 2.17. The number of rotatable bonds is 7. The number of piperidine rings is 1. The minimum atomic E-state index is -0.862. The van der Waals surface area contributed by atoms with Gasteiger partial charge in [-0.2, -0.15) is 10.4 Å². The zero-order valence-corrected chi connectivity index (χ0v) is 27.2. The summed E-state index contributed by atoms with van der Waals surface area (Å²) in [6.07, 6.45) is 6.61. The van der Waals surface area contributed by atoms with Gasteiger partial charge >= 0.3 is 0 Å². The molecule has 3 amide bonds. The summed E-state index contributed by atoms with van der Waals surface area (Å²) in [4.78, 5) is 55.2. The number of nitriles is 1. The van der Waals surface area contributed by atoms with Gasteiger partial charge in [-0.25, -0.2) is 9.67 Å². The molecule has 0 bridgehead atoms. The maximum absolute atomic E-state index is 14.5. The van der Waals surface area contributed by atoms with E-state index in [0.717, 1.165) is 69.5 Å². The van der Waals surface area contributed by atoms with Gasteiger partial charge in [-0.05, 0) is 76.5 Å². The number of likely N-dealkylation sites (N-methyl/N-ethyl adjacent to an activating group) is 2. The molecule has 5 fully saturated rings. The van der Waals surface area contributed by atoms with E-state index >= 15 is 0 Å². The minimum Gasteiger partial charge on any atom is -0.381 e. The second-order valence-corrected chi connectivity index (χ2v) is 14.1. The number of hydrogen-bond donors (Lipinski definition) is 1. The molecular formula is C34H43N9O4. The molecule has 6 aliphatic rings. The number of likely N-dealkylation sites (tertiary alicyclic amines) is 1. The van der Waals surface area contributed by atoms with Gasteiger partial charge in [0.2, 0.25) is 0 Å². The van der Waals surface area contributed by atoms with Crippen molar-refractivity contribution in [2.24, 2.45) is 11.8 Å². The summed E-state index contributed by atoms with van der Waals surface area (Å²) in [5.74, 6) is -0.0622. The van der Waals surface area contributed by atoms with Crippen LogP contribution in [0, 0.1) is 23.2 Å². The van der Waals surface area contributed by atoms with E-state index in [0.29, 0.717) is 43.6 Å². The highest BCUT2D eigenvalue weighted by Crippen LogP contribution is 2.53. The van der Waals surface area contributed by atoms with Gasteiger partial charge in [-0.1, -0.05) is 0 Å². The summed E-state index contributed by atoms with van der Waals surface area (Å²) in [5, 5.41) is 18.1. The summed E-state index contributed by atoms with van der Waals surface area (Å²) in [7, 11) is 2.11. The van der Waals surface area contributed by atoms with Crippen molar-refractivity contribution in [2.45, 2.75) is 75.5 Å². The molecule has 5 atom stereocenters. The zero-order chi connectivity index (χ0) is 32.4. The Bertz CT molecular complexity index is 1600. The number of piperazine rings is 1. The van der Waals surface area contributed by atoms with Crippen molar-refractivity contribution in [3.8, 4) is 6.07 Å². The van der Waals surface area contributed by atoms with Crippen LogP contribution in [-0.4, -0.2) is 113 Å². The van der Waals surface area contributed by atoms with Crippen molar-refractivity contribution in [1.82, 2.24) is 29.9 Å². The van der Waals surface area contributed by atoms with Crippen LogP contribution in [0.5, 0.6) is 0 Å². The summed E-state index contributed by atoms with van der Waals surface area (Å²) in [6, 6.07) is 4.71. The largest absolute Gasteiger partial charge is 0.381 e. The van der Waals surface area contributed by atoms with E-state index < -0.39 is 23.9 Å². The first-order valence-corrected chi connectivity index (χ1v) is 17.3. The first-order chi connectivity index (χ1) is 22.9. The number of amides is 3. The number of carbonyl (C=O) groups is 3. The normalized spacial score (nSPS) is 29.3. The fraction of sp³-hybridized carbons (Fsp3) is 0.647. The number of ether oxygens (including phenoxy) is 1. The highest BCUT2D eigenvalue weighted by atomic mass is 16.5. The second kappa shape index (κ2) is 11.9. The van der Waals surface area contributed by atoms with Crippen LogP contribution in [0.25, 0.3) is 0 Å². The van der Waals surface area contributed by atoms with Crippen molar-refractivity contribution < 1.29 is 19.1 Å². The van der Waals surface area contributed by atoms with Crippen molar-refractivity contribution in [3.05, 3.63) is 35.3 Å². The number of carbonyl (C=O) groups excluding carboxylic acids is 3. The van der Waals surface area contributed by atoms with Crippen molar-refractivity contribution >= 4 is 29.2 Å². The molecule has 6 heterocycles. The van der Waals surface area contributed by atoms with E-state index in [-0.39, 0.29) is 35.5 Å². The zero-order valence-electron chi connectivity index (χ0n) is 27.2. The Morgan fingerprint density at radius 1 is 1.06 bits per heavy atom. The first kappa shape index (κ1) is 30.3. The summed E-state index contributed by atoms with van der Waals surface area (Å²) >= 11 is 0. The van der Waals surface area contributed by atoms with Crippen LogP contribution in [0.4, 0.5) is 11.5 Å². The monoisotopic (exact) mass is 641 g/mol. The lowest BCUT2D eigenvalue weighted by Gasteiger charge is -2.39. The van der Waals surface area contributed by atoms with Crippen LogP contribution in [0.1, 0.15) is 83.9 Å². The number of pyridine rings is 1. The Hall–Kier alpha value is -4.02. The molecule has 0 radical (unpaired) electrons. The standard InChI is InChI=1S/C34H43N9O4/c1-3-41-32-28(30(38-43(32)22-8-14-47-15-9-22)34(46)42-24(18-35)16-21-17-26(21)42)27(20-4-5-20)29(33(41)45)37-31(44)25-7-6-23(19-36-25)40-12-10-39(2)11-13-40/h6-7,19-22,24,26-27,29H,3-5,8-17H2,1-2H3,(H,37,44)/t21-,24-,26+,27-,29-/m0/s1. The molecule has 47 heavy (non-hydrogen) atoms. The minimum absolute atomic E-state index is 0.0195. The van der Waals surface area contributed by atoms with E-state index in [1.807, 2.05) is 17.7 Å². The third-order valence-corrected chi connectivity index (χ3v) is 11.2. The number of aromatic nitrogens is 3. The second-order valence-electron chi connectivity index (χ2n) is 14.1. The molecule has 0 spiro atoms. The van der Waals surface area contributed by atoms with E-state index in [4.69, 9.17) is 9.84 Å².